The largest absolute Gasteiger partial charge is 0.467 e. The Hall–Kier alpha value is -2.12. The first-order chi connectivity index (χ1) is 12.5. The molecule has 0 radical (unpaired) electrons. The number of sulfonamides is 1. The molecule has 1 fully saturated rings. The van der Waals surface area contributed by atoms with E-state index in [1.165, 1.54) is 16.4 Å². The number of benzene rings is 1. The number of hydrogen-bond donors (Lipinski definition) is 0. The van der Waals surface area contributed by atoms with Crippen LogP contribution in [0, 0.1) is 0 Å². The molecule has 26 heavy (non-hydrogen) atoms. The topological polar surface area (TPSA) is 70.8 Å². The van der Waals surface area contributed by atoms with Crippen LogP contribution in [-0.2, 0) is 16.6 Å². The van der Waals surface area contributed by atoms with Crippen LogP contribution in [0.3, 0.4) is 0 Å². The van der Waals surface area contributed by atoms with Gasteiger partial charge in [-0.3, -0.25) is 4.79 Å². The molecule has 6 nitrogen and oxygen atoms in total. The van der Waals surface area contributed by atoms with Crippen LogP contribution < -0.4 is 0 Å². The van der Waals surface area contributed by atoms with Gasteiger partial charge in [-0.2, -0.15) is 4.31 Å². The number of amides is 1. The fraction of sp³-hybridized carbons (Fsp3) is 0.421. The van der Waals surface area contributed by atoms with Crippen molar-refractivity contribution in [2.24, 2.45) is 0 Å². The molecule has 1 aliphatic carbocycles. The van der Waals surface area contributed by atoms with Gasteiger partial charge < -0.3 is 9.32 Å². The third-order valence-electron chi connectivity index (χ3n) is 4.60. The summed E-state index contributed by atoms with van der Waals surface area (Å²) in [5.74, 6) is 0.640. The number of rotatable bonds is 8. The molecule has 2 aromatic rings. The average Bonchev–Trinajstić information content (AvgIpc) is 3.36. The van der Waals surface area contributed by atoms with Crippen molar-refractivity contribution < 1.29 is 17.6 Å². The fourth-order valence-electron chi connectivity index (χ4n) is 2.97. The third-order valence-corrected chi connectivity index (χ3v) is 6.66. The summed E-state index contributed by atoms with van der Waals surface area (Å²) in [4.78, 5) is 14.9. The second-order valence-corrected chi connectivity index (χ2v) is 8.30. The summed E-state index contributed by atoms with van der Waals surface area (Å²) >= 11 is 0. The lowest BCUT2D eigenvalue weighted by Gasteiger charge is -2.22. The number of nitrogens with zero attached hydrogens (tertiary/aromatic N) is 2. The van der Waals surface area contributed by atoms with E-state index >= 15 is 0 Å². The lowest BCUT2D eigenvalue weighted by molar-refractivity contribution is 0.0717. The van der Waals surface area contributed by atoms with Crippen molar-refractivity contribution in [3.63, 3.8) is 0 Å². The standard InChI is InChI=1S/C19H24N2O4S/c1-3-20(4-2)26(23,24)18-11-7-15(8-12-18)19(22)21(16-9-10-16)14-17-6-5-13-25-17/h5-8,11-13,16H,3-4,9-10,14H2,1-2H3. The molecule has 1 aliphatic rings. The molecule has 0 atom stereocenters. The molecule has 0 saturated heterocycles. The van der Waals surface area contributed by atoms with Crippen LogP contribution in [0.25, 0.3) is 0 Å². The predicted octanol–water partition coefficient (Wildman–Crippen LogP) is 3.11. The Morgan fingerprint density at radius 3 is 2.27 bits per heavy atom. The van der Waals surface area contributed by atoms with Gasteiger partial charge >= 0.3 is 0 Å². The summed E-state index contributed by atoms with van der Waals surface area (Å²) in [5.41, 5.74) is 0.488. The average molecular weight is 376 g/mol. The van der Waals surface area contributed by atoms with Crippen LogP contribution in [0.5, 0.6) is 0 Å². The highest BCUT2D eigenvalue weighted by Crippen LogP contribution is 2.30. The Morgan fingerprint density at radius 1 is 1.12 bits per heavy atom. The van der Waals surface area contributed by atoms with E-state index in [1.54, 1.807) is 43.2 Å². The SMILES string of the molecule is CCN(CC)S(=O)(=O)c1ccc(C(=O)N(Cc2ccco2)C2CC2)cc1. The van der Waals surface area contributed by atoms with Crippen LogP contribution in [0.4, 0.5) is 0 Å². The highest BCUT2D eigenvalue weighted by molar-refractivity contribution is 7.89. The van der Waals surface area contributed by atoms with Gasteiger partial charge in [0.25, 0.3) is 5.91 Å². The van der Waals surface area contributed by atoms with Gasteiger partial charge in [-0.25, -0.2) is 8.42 Å². The second-order valence-electron chi connectivity index (χ2n) is 6.36. The van der Waals surface area contributed by atoms with Crippen LogP contribution >= 0.6 is 0 Å². The molecular formula is C19H24N2O4S. The molecule has 1 aromatic carbocycles. The number of hydrogen-bond acceptors (Lipinski definition) is 4. The summed E-state index contributed by atoms with van der Waals surface area (Å²) in [6.07, 6.45) is 3.57. The number of furan rings is 1. The highest BCUT2D eigenvalue weighted by atomic mass is 32.2. The van der Waals surface area contributed by atoms with Crippen LogP contribution in [0.1, 0.15) is 42.8 Å². The number of carbonyl (C=O) groups excluding carboxylic acids is 1. The first kappa shape index (κ1) is 18.7. The Labute approximate surface area is 154 Å². The van der Waals surface area contributed by atoms with Crippen LogP contribution in [0.15, 0.2) is 52.0 Å². The van der Waals surface area contributed by atoms with E-state index in [0.717, 1.165) is 18.6 Å². The summed E-state index contributed by atoms with van der Waals surface area (Å²) in [6.45, 7) is 4.87. The first-order valence-corrected chi connectivity index (χ1v) is 10.3. The third kappa shape index (κ3) is 3.83. The first-order valence-electron chi connectivity index (χ1n) is 8.91. The summed E-state index contributed by atoms with van der Waals surface area (Å²) in [7, 11) is -3.52. The molecule has 0 unspecified atom stereocenters. The van der Waals surface area contributed by atoms with Gasteiger partial charge in [-0.1, -0.05) is 13.8 Å². The van der Waals surface area contributed by atoms with E-state index in [2.05, 4.69) is 0 Å². The number of carbonyl (C=O) groups is 1. The van der Waals surface area contributed by atoms with Crippen molar-refractivity contribution in [3.8, 4) is 0 Å². The monoisotopic (exact) mass is 376 g/mol. The molecule has 3 rings (SSSR count). The highest BCUT2D eigenvalue weighted by Gasteiger charge is 2.33. The van der Waals surface area contributed by atoms with E-state index in [4.69, 9.17) is 4.42 Å². The molecule has 0 aliphatic heterocycles. The van der Waals surface area contributed by atoms with Crippen LogP contribution in [0.2, 0.25) is 0 Å². The molecular weight excluding hydrogens is 352 g/mol. The Balaban J connectivity index is 1.79. The summed E-state index contributed by atoms with van der Waals surface area (Å²) in [6, 6.07) is 10.1. The van der Waals surface area contributed by atoms with Gasteiger partial charge in [0.1, 0.15) is 5.76 Å². The fourth-order valence-corrected chi connectivity index (χ4v) is 4.43. The zero-order valence-corrected chi connectivity index (χ0v) is 15.9. The predicted molar refractivity (Wildman–Crippen MR) is 98.2 cm³/mol. The van der Waals surface area contributed by atoms with Gasteiger partial charge in [0.15, 0.2) is 0 Å². The van der Waals surface area contributed by atoms with Crippen molar-refractivity contribution in [1.82, 2.24) is 9.21 Å². The zero-order chi connectivity index (χ0) is 18.7. The lowest BCUT2D eigenvalue weighted by atomic mass is 10.2. The molecule has 1 heterocycles. The Bertz CT molecular complexity index is 836. The molecule has 140 valence electrons. The molecule has 0 N–H and O–H groups in total. The summed E-state index contributed by atoms with van der Waals surface area (Å²) in [5, 5.41) is 0. The van der Waals surface area contributed by atoms with E-state index < -0.39 is 10.0 Å². The van der Waals surface area contributed by atoms with E-state index in [-0.39, 0.29) is 16.8 Å². The zero-order valence-electron chi connectivity index (χ0n) is 15.1. The van der Waals surface area contributed by atoms with Crippen molar-refractivity contribution in [2.45, 2.75) is 44.2 Å². The van der Waals surface area contributed by atoms with Crippen molar-refractivity contribution >= 4 is 15.9 Å². The minimum atomic E-state index is -3.52. The van der Waals surface area contributed by atoms with E-state index in [9.17, 15) is 13.2 Å². The normalized spacial score (nSPS) is 14.6. The maximum atomic E-state index is 12.9. The minimum Gasteiger partial charge on any atom is -0.467 e. The quantitative estimate of drug-likeness (QED) is 0.710. The van der Waals surface area contributed by atoms with Crippen LogP contribution in [-0.4, -0.2) is 42.7 Å². The Morgan fingerprint density at radius 2 is 1.77 bits per heavy atom. The second kappa shape index (κ2) is 7.63. The minimum absolute atomic E-state index is 0.101. The van der Waals surface area contributed by atoms with Crippen molar-refractivity contribution in [2.75, 3.05) is 13.1 Å². The molecule has 0 bridgehead atoms. The molecule has 1 saturated carbocycles. The van der Waals surface area contributed by atoms with Gasteiger partial charge in [-0.05, 0) is 49.2 Å². The maximum Gasteiger partial charge on any atom is 0.254 e. The molecule has 0 spiro atoms. The Kier molecular flexibility index (Phi) is 5.48. The molecule has 1 amide bonds. The van der Waals surface area contributed by atoms with E-state index in [1.807, 2.05) is 6.07 Å². The van der Waals surface area contributed by atoms with Crippen molar-refractivity contribution in [1.29, 1.82) is 0 Å². The summed E-state index contributed by atoms with van der Waals surface area (Å²) < 4.78 is 31.9. The van der Waals surface area contributed by atoms with Gasteiger partial charge in [0.05, 0.1) is 17.7 Å². The van der Waals surface area contributed by atoms with Gasteiger partial charge in [0.2, 0.25) is 10.0 Å². The smallest absolute Gasteiger partial charge is 0.254 e. The van der Waals surface area contributed by atoms with Gasteiger partial charge in [-0.15, -0.1) is 0 Å². The maximum absolute atomic E-state index is 12.9. The molecule has 7 heteroatoms. The molecule has 1 aromatic heterocycles. The van der Waals surface area contributed by atoms with Gasteiger partial charge in [0, 0.05) is 24.7 Å². The van der Waals surface area contributed by atoms with E-state index in [0.29, 0.717) is 25.2 Å². The van der Waals surface area contributed by atoms with Crippen molar-refractivity contribution in [3.05, 3.63) is 54.0 Å². The lowest BCUT2D eigenvalue weighted by Crippen LogP contribution is -2.33.